The monoisotopic (exact) mass is 356 g/mol. The van der Waals surface area contributed by atoms with Gasteiger partial charge in [0, 0.05) is 5.41 Å². The van der Waals surface area contributed by atoms with Crippen molar-refractivity contribution in [3.63, 3.8) is 0 Å². The second kappa shape index (κ2) is 8.42. The zero-order valence-corrected chi connectivity index (χ0v) is 15.5. The molecule has 0 aliphatic heterocycles. The van der Waals surface area contributed by atoms with E-state index in [9.17, 15) is 9.59 Å². The Morgan fingerprint density at radius 1 is 1.12 bits per heavy atom. The van der Waals surface area contributed by atoms with E-state index in [0.717, 1.165) is 0 Å². The van der Waals surface area contributed by atoms with Gasteiger partial charge >= 0.3 is 0 Å². The van der Waals surface area contributed by atoms with E-state index >= 15 is 0 Å². The molecule has 0 aliphatic rings. The van der Waals surface area contributed by atoms with Crippen LogP contribution in [0, 0.1) is 0 Å². The lowest BCUT2D eigenvalue weighted by Gasteiger charge is -2.16. The third-order valence-corrected chi connectivity index (χ3v) is 3.45. The number of rotatable bonds is 6. The third-order valence-electron chi connectivity index (χ3n) is 3.45. The molecule has 1 heterocycles. The quantitative estimate of drug-likeness (QED) is 0.830. The standard InChI is InChI=1S/C19H24N4O3/c1-5-26-15-9-7-6-8-14(15)17(25)20-12-16(24)23-13-10-21-18(22-11-13)19(2,3)4/h6-11H,5,12H2,1-4H3,(H,20,25)(H,23,24). The lowest BCUT2D eigenvalue weighted by atomic mass is 9.96. The second-order valence-electron chi connectivity index (χ2n) is 6.71. The predicted octanol–water partition coefficient (Wildman–Crippen LogP) is 2.54. The highest BCUT2D eigenvalue weighted by atomic mass is 16.5. The number of aromatic nitrogens is 2. The number of hydrogen-bond donors (Lipinski definition) is 2. The molecule has 0 bridgehead atoms. The summed E-state index contributed by atoms with van der Waals surface area (Å²) < 4.78 is 5.42. The summed E-state index contributed by atoms with van der Waals surface area (Å²) in [6.07, 6.45) is 3.11. The van der Waals surface area contributed by atoms with Gasteiger partial charge in [-0.15, -0.1) is 0 Å². The Labute approximate surface area is 153 Å². The van der Waals surface area contributed by atoms with Crippen LogP contribution < -0.4 is 15.4 Å². The minimum atomic E-state index is -0.372. The van der Waals surface area contributed by atoms with Crippen molar-refractivity contribution in [3.8, 4) is 5.75 Å². The highest BCUT2D eigenvalue weighted by Gasteiger charge is 2.17. The molecule has 0 fully saturated rings. The van der Waals surface area contributed by atoms with Crippen molar-refractivity contribution in [3.05, 3.63) is 48.0 Å². The molecule has 138 valence electrons. The van der Waals surface area contributed by atoms with Gasteiger partial charge in [0.05, 0.1) is 36.8 Å². The summed E-state index contributed by atoms with van der Waals surface area (Å²) in [5.74, 6) is 0.443. The summed E-state index contributed by atoms with van der Waals surface area (Å²) in [5, 5.41) is 5.24. The molecule has 7 heteroatoms. The first-order valence-corrected chi connectivity index (χ1v) is 8.43. The van der Waals surface area contributed by atoms with Crippen molar-refractivity contribution in [1.82, 2.24) is 15.3 Å². The van der Waals surface area contributed by atoms with Crippen LogP contribution in [0.25, 0.3) is 0 Å². The summed E-state index contributed by atoms with van der Waals surface area (Å²) in [7, 11) is 0. The third kappa shape index (κ3) is 5.27. The van der Waals surface area contributed by atoms with Gasteiger partial charge in [-0.1, -0.05) is 32.9 Å². The van der Waals surface area contributed by atoms with Gasteiger partial charge in [0.25, 0.3) is 5.91 Å². The van der Waals surface area contributed by atoms with E-state index in [0.29, 0.717) is 29.4 Å². The molecule has 0 saturated carbocycles. The van der Waals surface area contributed by atoms with E-state index in [2.05, 4.69) is 20.6 Å². The molecular weight excluding hydrogens is 332 g/mol. The maximum atomic E-state index is 12.3. The van der Waals surface area contributed by atoms with Crippen molar-refractivity contribution in [1.29, 1.82) is 0 Å². The number of carbonyl (C=O) groups excluding carboxylic acids is 2. The highest BCUT2D eigenvalue weighted by Crippen LogP contribution is 2.18. The number of nitrogens with zero attached hydrogens (tertiary/aromatic N) is 2. The van der Waals surface area contributed by atoms with Crippen LogP contribution in [0.15, 0.2) is 36.7 Å². The van der Waals surface area contributed by atoms with Crippen LogP contribution in [0.5, 0.6) is 5.75 Å². The first-order chi connectivity index (χ1) is 12.3. The average molecular weight is 356 g/mol. The molecule has 0 radical (unpaired) electrons. The summed E-state index contributed by atoms with van der Waals surface area (Å²) in [4.78, 5) is 32.8. The minimum absolute atomic E-state index is 0.162. The van der Waals surface area contributed by atoms with Gasteiger partial charge < -0.3 is 15.4 Å². The van der Waals surface area contributed by atoms with Crippen LogP contribution in [-0.2, 0) is 10.2 Å². The van der Waals surface area contributed by atoms with Crippen molar-refractivity contribution < 1.29 is 14.3 Å². The van der Waals surface area contributed by atoms with Crippen molar-refractivity contribution >= 4 is 17.5 Å². The van der Waals surface area contributed by atoms with E-state index in [-0.39, 0.29) is 23.8 Å². The van der Waals surface area contributed by atoms with Crippen LogP contribution in [0.1, 0.15) is 43.9 Å². The van der Waals surface area contributed by atoms with Crippen LogP contribution in [0.2, 0.25) is 0 Å². The number of benzene rings is 1. The fourth-order valence-corrected chi connectivity index (χ4v) is 2.18. The van der Waals surface area contributed by atoms with E-state index in [1.54, 1.807) is 36.7 Å². The lowest BCUT2D eigenvalue weighted by molar-refractivity contribution is -0.115. The van der Waals surface area contributed by atoms with E-state index in [1.807, 2.05) is 27.7 Å². The van der Waals surface area contributed by atoms with Gasteiger partial charge in [-0.2, -0.15) is 0 Å². The molecule has 2 amide bonds. The zero-order chi connectivity index (χ0) is 19.2. The predicted molar refractivity (Wildman–Crippen MR) is 99.3 cm³/mol. The molecule has 1 aromatic heterocycles. The van der Waals surface area contributed by atoms with Crippen LogP contribution in [0.4, 0.5) is 5.69 Å². The fraction of sp³-hybridized carbons (Fsp3) is 0.368. The van der Waals surface area contributed by atoms with Crippen molar-refractivity contribution in [2.45, 2.75) is 33.1 Å². The van der Waals surface area contributed by atoms with Crippen molar-refractivity contribution in [2.75, 3.05) is 18.5 Å². The molecule has 0 saturated heterocycles. The zero-order valence-electron chi connectivity index (χ0n) is 15.5. The summed E-state index contributed by atoms with van der Waals surface area (Å²) in [6.45, 7) is 8.16. The smallest absolute Gasteiger partial charge is 0.255 e. The SMILES string of the molecule is CCOc1ccccc1C(=O)NCC(=O)Nc1cnc(C(C)(C)C)nc1. The Balaban J connectivity index is 1.92. The van der Waals surface area contributed by atoms with Gasteiger partial charge in [-0.25, -0.2) is 9.97 Å². The van der Waals surface area contributed by atoms with Crippen molar-refractivity contribution in [2.24, 2.45) is 0 Å². The van der Waals surface area contributed by atoms with Gasteiger partial charge in [0.2, 0.25) is 5.91 Å². The van der Waals surface area contributed by atoms with E-state index < -0.39 is 0 Å². The van der Waals surface area contributed by atoms with Gasteiger partial charge in [0.15, 0.2) is 0 Å². The number of amides is 2. The number of nitrogens with one attached hydrogen (secondary N) is 2. The number of ether oxygens (including phenoxy) is 1. The molecule has 2 aromatic rings. The lowest BCUT2D eigenvalue weighted by Crippen LogP contribution is -2.33. The second-order valence-corrected chi connectivity index (χ2v) is 6.71. The maximum Gasteiger partial charge on any atom is 0.255 e. The first kappa shape index (κ1) is 19.4. The number of carbonyl (C=O) groups is 2. The molecule has 0 unspecified atom stereocenters. The molecule has 0 atom stereocenters. The summed E-state index contributed by atoms with van der Waals surface area (Å²) in [6, 6.07) is 6.89. The molecule has 26 heavy (non-hydrogen) atoms. The molecule has 0 spiro atoms. The Bertz CT molecular complexity index is 767. The highest BCUT2D eigenvalue weighted by molar-refractivity contribution is 6.00. The average Bonchev–Trinajstić information content (AvgIpc) is 2.60. The van der Waals surface area contributed by atoms with Gasteiger partial charge in [0.1, 0.15) is 11.6 Å². The number of para-hydroxylation sites is 1. The molecular formula is C19H24N4O3. The largest absolute Gasteiger partial charge is 0.493 e. The number of hydrogen-bond acceptors (Lipinski definition) is 5. The molecule has 2 N–H and O–H groups in total. The van der Waals surface area contributed by atoms with E-state index in [4.69, 9.17) is 4.74 Å². The minimum Gasteiger partial charge on any atom is -0.493 e. The van der Waals surface area contributed by atoms with Gasteiger partial charge in [-0.05, 0) is 19.1 Å². The molecule has 2 rings (SSSR count). The topological polar surface area (TPSA) is 93.2 Å². The summed E-state index contributed by atoms with van der Waals surface area (Å²) >= 11 is 0. The maximum absolute atomic E-state index is 12.3. The molecule has 1 aromatic carbocycles. The normalized spacial score (nSPS) is 10.9. The fourth-order valence-electron chi connectivity index (χ4n) is 2.18. The Morgan fingerprint density at radius 2 is 1.77 bits per heavy atom. The Morgan fingerprint density at radius 3 is 2.38 bits per heavy atom. The van der Waals surface area contributed by atoms with Gasteiger partial charge in [-0.3, -0.25) is 9.59 Å². The molecule has 0 aliphatic carbocycles. The van der Waals surface area contributed by atoms with Crippen LogP contribution in [0.3, 0.4) is 0 Å². The summed E-state index contributed by atoms with van der Waals surface area (Å²) in [5.41, 5.74) is 0.705. The Kier molecular flexibility index (Phi) is 6.27. The first-order valence-electron chi connectivity index (χ1n) is 8.43. The Hall–Kier alpha value is -2.96. The van der Waals surface area contributed by atoms with Crippen LogP contribution in [-0.4, -0.2) is 34.9 Å². The van der Waals surface area contributed by atoms with Crippen LogP contribution >= 0.6 is 0 Å². The molecule has 7 nitrogen and oxygen atoms in total. The van der Waals surface area contributed by atoms with E-state index in [1.165, 1.54) is 0 Å². The number of anilines is 1.